The average Bonchev–Trinajstić information content (AvgIpc) is 3.11. The van der Waals surface area contributed by atoms with Gasteiger partial charge in [0.25, 0.3) is 5.91 Å². The zero-order valence-corrected chi connectivity index (χ0v) is 15.0. The van der Waals surface area contributed by atoms with Gasteiger partial charge in [0.15, 0.2) is 5.89 Å². The van der Waals surface area contributed by atoms with Gasteiger partial charge in [0.2, 0.25) is 0 Å². The topological polar surface area (TPSA) is 64.8 Å². The first-order valence-electron chi connectivity index (χ1n) is 9.10. The Hall–Kier alpha value is -2.55. The number of carbonyl (C=O) groups excluding carboxylic acids is 1. The van der Waals surface area contributed by atoms with Crippen LogP contribution in [0.3, 0.4) is 0 Å². The monoisotopic (exact) mass is 396 g/mol. The maximum atomic E-state index is 12.7. The summed E-state index contributed by atoms with van der Waals surface area (Å²) in [4.78, 5) is 18.9. The van der Waals surface area contributed by atoms with Crippen molar-refractivity contribution in [2.75, 3.05) is 19.8 Å². The highest BCUT2D eigenvalue weighted by molar-refractivity contribution is 5.94. The average molecular weight is 396 g/mol. The van der Waals surface area contributed by atoms with Crippen LogP contribution in [-0.2, 0) is 17.7 Å². The first-order valence-corrected chi connectivity index (χ1v) is 9.10. The second-order valence-electron chi connectivity index (χ2n) is 6.86. The molecule has 0 bridgehead atoms. The largest absolute Gasteiger partial charge is 0.573 e. The van der Waals surface area contributed by atoms with Crippen LogP contribution in [0.2, 0.25) is 0 Å². The fourth-order valence-electron chi connectivity index (χ4n) is 3.49. The Bertz CT molecular complexity index is 842. The molecule has 0 unspecified atom stereocenters. The SMILES string of the molecule is O=C(c1ccc(OC(F)(F)F)cc1)N1CCc2oc(C3CCOCC3)nc2C1. The molecule has 1 aromatic carbocycles. The predicted molar refractivity (Wildman–Crippen MR) is 90.9 cm³/mol. The molecule has 1 saturated heterocycles. The number of hydrogen-bond acceptors (Lipinski definition) is 5. The maximum absolute atomic E-state index is 12.7. The van der Waals surface area contributed by atoms with Crippen molar-refractivity contribution in [3.05, 3.63) is 47.2 Å². The smallest absolute Gasteiger partial charge is 0.445 e. The molecule has 1 aromatic heterocycles. The molecular weight excluding hydrogens is 377 g/mol. The van der Waals surface area contributed by atoms with E-state index in [-0.39, 0.29) is 17.6 Å². The summed E-state index contributed by atoms with van der Waals surface area (Å²) in [5.74, 6) is 1.13. The molecule has 0 radical (unpaired) electrons. The molecule has 4 rings (SSSR count). The highest BCUT2D eigenvalue weighted by atomic mass is 19.4. The van der Waals surface area contributed by atoms with E-state index in [9.17, 15) is 18.0 Å². The number of oxazole rings is 1. The number of benzene rings is 1. The molecule has 0 atom stereocenters. The van der Waals surface area contributed by atoms with Crippen LogP contribution in [0.5, 0.6) is 5.75 Å². The highest BCUT2D eigenvalue weighted by Crippen LogP contribution is 2.30. The fourth-order valence-corrected chi connectivity index (χ4v) is 3.49. The van der Waals surface area contributed by atoms with Gasteiger partial charge in [-0.15, -0.1) is 13.2 Å². The van der Waals surface area contributed by atoms with Crippen LogP contribution in [0, 0.1) is 0 Å². The van der Waals surface area contributed by atoms with E-state index in [0.717, 1.165) is 36.4 Å². The Kier molecular flexibility index (Phi) is 5.01. The van der Waals surface area contributed by atoms with Crippen LogP contribution in [0.25, 0.3) is 0 Å². The molecule has 9 heteroatoms. The van der Waals surface area contributed by atoms with Gasteiger partial charge >= 0.3 is 6.36 Å². The van der Waals surface area contributed by atoms with Crippen LogP contribution in [0.15, 0.2) is 28.7 Å². The van der Waals surface area contributed by atoms with Crippen molar-refractivity contribution in [2.45, 2.75) is 38.1 Å². The lowest BCUT2D eigenvalue weighted by Crippen LogP contribution is -2.35. The zero-order valence-electron chi connectivity index (χ0n) is 15.0. The third-order valence-electron chi connectivity index (χ3n) is 4.94. The minimum Gasteiger partial charge on any atom is -0.445 e. The number of aromatic nitrogens is 1. The first-order chi connectivity index (χ1) is 13.4. The second-order valence-corrected chi connectivity index (χ2v) is 6.86. The Morgan fingerprint density at radius 2 is 1.89 bits per heavy atom. The van der Waals surface area contributed by atoms with Crippen molar-refractivity contribution in [1.29, 1.82) is 0 Å². The minimum absolute atomic E-state index is 0.240. The van der Waals surface area contributed by atoms with Crippen molar-refractivity contribution in [3.63, 3.8) is 0 Å². The third kappa shape index (κ3) is 4.14. The minimum atomic E-state index is -4.76. The maximum Gasteiger partial charge on any atom is 0.573 e. The Morgan fingerprint density at radius 3 is 2.57 bits per heavy atom. The van der Waals surface area contributed by atoms with Gasteiger partial charge in [-0.25, -0.2) is 4.98 Å². The van der Waals surface area contributed by atoms with Gasteiger partial charge in [0, 0.05) is 37.7 Å². The Balaban J connectivity index is 1.43. The standard InChI is InChI=1S/C19H19F3N2O4/c20-19(21,22)28-14-3-1-13(2-4-14)18(25)24-8-5-16-15(11-24)23-17(27-16)12-6-9-26-10-7-12/h1-4,12H,5-11H2. The van der Waals surface area contributed by atoms with Gasteiger partial charge in [0.05, 0.1) is 6.54 Å². The molecule has 2 aliphatic heterocycles. The molecule has 2 aromatic rings. The molecule has 150 valence electrons. The fraction of sp³-hybridized carbons (Fsp3) is 0.474. The third-order valence-corrected chi connectivity index (χ3v) is 4.94. The number of fused-ring (bicyclic) bond motifs is 1. The number of carbonyl (C=O) groups is 1. The van der Waals surface area contributed by atoms with Gasteiger partial charge in [-0.1, -0.05) is 0 Å². The van der Waals surface area contributed by atoms with Crippen LogP contribution in [0.1, 0.15) is 46.5 Å². The summed E-state index contributed by atoms with van der Waals surface area (Å²) >= 11 is 0. The number of halogens is 3. The van der Waals surface area contributed by atoms with Crippen LogP contribution in [0.4, 0.5) is 13.2 Å². The van der Waals surface area contributed by atoms with E-state index in [1.165, 1.54) is 12.1 Å². The van der Waals surface area contributed by atoms with Crippen LogP contribution >= 0.6 is 0 Å². The lowest BCUT2D eigenvalue weighted by Gasteiger charge is -2.25. The zero-order chi connectivity index (χ0) is 19.7. The van der Waals surface area contributed by atoms with Crippen molar-refractivity contribution in [1.82, 2.24) is 9.88 Å². The Morgan fingerprint density at radius 1 is 1.18 bits per heavy atom. The van der Waals surface area contributed by atoms with Crippen molar-refractivity contribution < 1.29 is 31.9 Å². The molecule has 0 N–H and O–H groups in total. The van der Waals surface area contributed by atoms with Crippen LogP contribution < -0.4 is 4.74 Å². The van der Waals surface area contributed by atoms with E-state index in [1.807, 2.05) is 0 Å². The first kappa shape index (κ1) is 18.8. The number of ether oxygens (including phenoxy) is 2. The molecule has 0 spiro atoms. The molecular formula is C19H19F3N2O4. The number of rotatable bonds is 3. The molecule has 6 nitrogen and oxygen atoms in total. The molecule has 0 aliphatic carbocycles. The van der Waals surface area contributed by atoms with Crippen molar-refractivity contribution in [3.8, 4) is 5.75 Å². The lowest BCUT2D eigenvalue weighted by atomic mass is 10.0. The highest BCUT2D eigenvalue weighted by Gasteiger charge is 2.32. The second kappa shape index (κ2) is 7.46. The molecule has 28 heavy (non-hydrogen) atoms. The molecule has 1 fully saturated rings. The molecule has 0 saturated carbocycles. The van der Waals surface area contributed by atoms with Gasteiger partial charge in [-0.2, -0.15) is 0 Å². The van der Waals surface area contributed by atoms with Crippen molar-refractivity contribution >= 4 is 5.91 Å². The molecule has 3 heterocycles. The van der Waals surface area contributed by atoms with E-state index in [0.29, 0.717) is 44.2 Å². The van der Waals surface area contributed by atoms with Crippen LogP contribution in [-0.4, -0.2) is 41.9 Å². The van der Waals surface area contributed by atoms with Gasteiger partial charge in [-0.05, 0) is 37.1 Å². The number of hydrogen-bond donors (Lipinski definition) is 0. The molecule has 2 aliphatic rings. The van der Waals surface area contributed by atoms with E-state index in [4.69, 9.17) is 9.15 Å². The van der Waals surface area contributed by atoms with Gasteiger partial charge in [0.1, 0.15) is 17.2 Å². The predicted octanol–water partition coefficient (Wildman–Crippen LogP) is 3.67. The summed E-state index contributed by atoms with van der Waals surface area (Å²) in [6, 6.07) is 4.93. The van der Waals surface area contributed by atoms with E-state index in [1.54, 1.807) is 4.90 Å². The van der Waals surface area contributed by atoms with E-state index in [2.05, 4.69) is 9.72 Å². The summed E-state index contributed by atoms with van der Waals surface area (Å²) in [5, 5.41) is 0. The van der Waals surface area contributed by atoms with Gasteiger partial charge < -0.3 is 18.8 Å². The summed E-state index contributed by atoms with van der Waals surface area (Å²) < 4.78 is 51.9. The van der Waals surface area contributed by atoms with E-state index >= 15 is 0 Å². The number of nitrogens with zero attached hydrogens (tertiary/aromatic N) is 2. The Labute approximate surface area is 159 Å². The number of alkyl halides is 3. The normalized spacial score (nSPS) is 18.0. The summed E-state index contributed by atoms with van der Waals surface area (Å²) in [5.41, 5.74) is 1.05. The van der Waals surface area contributed by atoms with E-state index < -0.39 is 6.36 Å². The number of amides is 1. The molecule has 1 amide bonds. The lowest BCUT2D eigenvalue weighted by molar-refractivity contribution is -0.274. The summed E-state index contributed by atoms with van der Waals surface area (Å²) in [7, 11) is 0. The van der Waals surface area contributed by atoms with Crippen molar-refractivity contribution in [2.24, 2.45) is 0 Å². The van der Waals surface area contributed by atoms with Gasteiger partial charge in [-0.3, -0.25) is 4.79 Å². The summed E-state index contributed by atoms with van der Waals surface area (Å²) in [6.07, 6.45) is -2.46. The summed E-state index contributed by atoms with van der Waals surface area (Å²) in [6.45, 7) is 2.17. The quantitative estimate of drug-likeness (QED) is 0.792.